The monoisotopic (exact) mass is 211 g/mol. The Hall–Kier alpha value is -0.610. The number of nitrogens with one attached hydrogen (secondary N) is 3. The Balaban J connectivity index is 1.74. The van der Waals surface area contributed by atoms with Crippen LogP contribution in [0.5, 0.6) is 0 Å². The fourth-order valence-corrected chi connectivity index (χ4v) is 2.37. The zero-order valence-electron chi connectivity index (χ0n) is 9.22. The maximum atomic E-state index is 11.9. The van der Waals surface area contributed by atoms with Crippen LogP contribution in [-0.4, -0.2) is 38.1 Å². The summed E-state index contributed by atoms with van der Waals surface area (Å²) < 4.78 is 0. The third-order valence-electron chi connectivity index (χ3n) is 3.31. The molecule has 2 aliphatic heterocycles. The lowest BCUT2D eigenvalue weighted by atomic mass is 9.97. The van der Waals surface area contributed by atoms with E-state index in [4.69, 9.17) is 0 Å². The summed E-state index contributed by atoms with van der Waals surface area (Å²) in [7, 11) is 0. The molecule has 3 N–H and O–H groups in total. The maximum Gasteiger partial charge on any atom is 0.224 e. The van der Waals surface area contributed by atoms with Gasteiger partial charge in [-0.2, -0.15) is 0 Å². The highest BCUT2D eigenvalue weighted by molar-refractivity contribution is 5.79. The van der Waals surface area contributed by atoms with Crippen LogP contribution in [0.25, 0.3) is 0 Å². The molecule has 2 unspecified atom stereocenters. The molecule has 1 amide bonds. The van der Waals surface area contributed by atoms with Crippen molar-refractivity contribution in [1.29, 1.82) is 0 Å². The van der Waals surface area contributed by atoms with Gasteiger partial charge in [-0.3, -0.25) is 4.79 Å². The van der Waals surface area contributed by atoms with Crippen LogP contribution < -0.4 is 16.0 Å². The molecule has 0 aromatic carbocycles. The normalized spacial score (nSPS) is 32.3. The SMILES string of the molecule is O=C(NC1CCCNC1)C1CCCNC1. The van der Waals surface area contributed by atoms with Gasteiger partial charge in [0, 0.05) is 19.1 Å². The van der Waals surface area contributed by atoms with Gasteiger partial charge in [-0.25, -0.2) is 0 Å². The molecule has 0 saturated carbocycles. The fourth-order valence-electron chi connectivity index (χ4n) is 2.37. The summed E-state index contributed by atoms with van der Waals surface area (Å²) in [5, 5.41) is 9.74. The van der Waals surface area contributed by atoms with E-state index >= 15 is 0 Å². The van der Waals surface area contributed by atoms with E-state index < -0.39 is 0 Å². The second-order valence-electron chi connectivity index (χ2n) is 4.60. The van der Waals surface area contributed by atoms with Crippen LogP contribution in [0.3, 0.4) is 0 Å². The van der Waals surface area contributed by atoms with Crippen LogP contribution in [-0.2, 0) is 4.79 Å². The molecule has 0 spiro atoms. The zero-order valence-corrected chi connectivity index (χ0v) is 9.22. The van der Waals surface area contributed by atoms with Crippen molar-refractivity contribution in [3.05, 3.63) is 0 Å². The first-order valence-electron chi connectivity index (χ1n) is 6.08. The second kappa shape index (κ2) is 5.47. The lowest BCUT2D eigenvalue weighted by Crippen LogP contribution is -2.49. The summed E-state index contributed by atoms with van der Waals surface area (Å²) in [5.41, 5.74) is 0. The Kier molecular flexibility index (Phi) is 3.97. The maximum absolute atomic E-state index is 11.9. The van der Waals surface area contributed by atoms with Gasteiger partial charge in [-0.1, -0.05) is 0 Å². The molecule has 2 heterocycles. The average Bonchev–Trinajstić information content (AvgIpc) is 2.31. The number of piperidine rings is 2. The van der Waals surface area contributed by atoms with Crippen LogP contribution in [0, 0.1) is 5.92 Å². The van der Waals surface area contributed by atoms with E-state index in [9.17, 15) is 4.79 Å². The fraction of sp³-hybridized carbons (Fsp3) is 0.909. The minimum atomic E-state index is 0.195. The summed E-state index contributed by atoms with van der Waals surface area (Å²) in [5.74, 6) is 0.441. The molecule has 2 fully saturated rings. The Morgan fingerprint density at radius 1 is 1.07 bits per heavy atom. The molecule has 4 heteroatoms. The molecule has 0 aliphatic carbocycles. The quantitative estimate of drug-likeness (QED) is 0.595. The molecule has 4 nitrogen and oxygen atoms in total. The molecular formula is C11H21N3O. The second-order valence-corrected chi connectivity index (χ2v) is 4.60. The van der Waals surface area contributed by atoms with E-state index in [1.807, 2.05) is 0 Å². The van der Waals surface area contributed by atoms with Crippen LogP contribution >= 0.6 is 0 Å². The topological polar surface area (TPSA) is 53.2 Å². The van der Waals surface area contributed by atoms with Gasteiger partial charge in [-0.15, -0.1) is 0 Å². The number of hydrogen-bond acceptors (Lipinski definition) is 3. The lowest BCUT2D eigenvalue weighted by Gasteiger charge is -2.28. The molecule has 2 rings (SSSR count). The highest BCUT2D eigenvalue weighted by atomic mass is 16.2. The van der Waals surface area contributed by atoms with E-state index in [1.165, 1.54) is 6.42 Å². The summed E-state index contributed by atoms with van der Waals surface area (Å²) in [6.45, 7) is 3.95. The van der Waals surface area contributed by atoms with Crippen LogP contribution in [0.4, 0.5) is 0 Å². The van der Waals surface area contributed by atoms with Crippen molar-refractivity contribution >= 4 is 5.91 Å². The number of amides is 1. The van der Waals surface area contributed by atoms with Crippen LogP contribution in [0.1, 0.15) is 25.7 Å². The van der Waals surface area contributed by atoms with Gasteiger partial charge in [0.25, 0.3) is 0 Å². The van der Waals surface area contributed by atoms with E-state index in [2.05, 4.69) is 16.0 Å². The van der Waals surface area contributed by atoms with Crippen molar-refractivity contribution in [3.63, 3.8) is 0 Å². The molecule has 0 aromatic rings. The third-order valence-corrected chi connectivity index (χ3v) is 3.31. The van der Waals surface area contributed by atoms with Gasteiger partial charge >= 0.3 is 0 Å². The van der Waals surface area contributed by atoms with Gasteiger partial charge in [-0.05, 0) is 38.8 Å². The molecule has 86 valence electrons. The van der Waals surface area contributed by atoms with Gasteiger partial charge in [0.15, 0.2) is 0 Å². The molecule has 2 aliphatic rings. The van der Waals surface area contributed by atoms with Crippen LogP contribution in [0.2, 0.25) is 0 Å². The highest BCUT2D eigenvalue weighted by Crippen LogP contribution is 2.11. The molecule has 0 aromatic heterocycles. The Labute approximate surface area is 91.2 Å². The van der Waals surface area contributed by atoms with Crippen molar-refractivity contribution < 1.29 is 4.79 Å². The summed E-state index contributed by atoms with van der Waals surface area (Å²) >= 11 is 0. The van der Waals surface area contributed by atoms with Crippen molar-refractivity contribution in [2.75, 3.05) is 26.2 Å². The Morgan fingerprint density at radius 2 is 1.80 bits per heavy atom. The molecule has 2 atom stereocenters. The Bertz CT molecular complexity index is 208. The number of carbonyl (C=O) groups excluding carboxylic acids is 1. The van der Waals surface area contributed by atoms with Crippen molar-refractivity contribution in [3.8, 4) is 0 Å². The summed E-state index contributed by atoms with van der Waals surface area (Å²) in [6.07, 6.45) is 4.47. The van der Waals surface area contributed by atoms with E-state index in [0.717, 1.165) is 45.4 Å². The first kappa shape index (κ1) is 10.9. The minimum Gasteiger partial charge on any atom is -0.352 e. The standard InChI is InChI=1S/C11H21N3O/c15-11(9-3-1-5-12-7-9)14-10-4-2-6-13-8-10/h9-10,12-13H,1-8H2,(H,14,15). The predicted molar refractivity (Wildman–Crippen MR) is 59.6 cm³/mol. The smallest absolute Gasteiger partial charge is 0.224 e. The number of hydrogen-bond donors (Lipinski definition) is 3. The van der Waals surface area contributed by atoms with Gasteiger partial charge in [0.2, 0.25) is 5.91 Å². The predicted octanol–water partition coefficient (Wildman–Crippen LogP) is -0.146. The van der Waals surface area contributed by atoms with E-state index in [0.29, 0.717) is 6.04 Å². The van der Waals surface area contributed by atoms with Crippen molar-refractivity contribution in [1.82, 2.24) is 16.0 Å². The molecule has 15 heavy (non-hydrogen) atoms. The van der Waals surface area contributed by atoms with Gasteiger partial charge in [0.05, 0.1) is 5.92 Å². The molecule has 0 bridgehead atoms. The van der Waals surface area contributed by atoms with Crippen LogP contribution in [0.15, 0.2) is 0 Å². The highest BCUT2D eigenvalue weighted by Gasteiger charge is 2.23. The average molecular weight is 211 g/mol. The van der Waals surface area contributed by atoms with Crippen molar-refractivity contribution in [2.24, 2.45) is 5.92 Å². The van der Waals surface area contributed by atoms with E-state index in [1.54, 1.807) is 0 Å². The number of rotatable bonds is 2. The molecule has 2 saturated heterocycles. The van der Waals surface area contributed by atoms with Gasteiger partial charge in [0.1, 0.15) is 0 Å². The van der Waals surface area contributed by atoms with Crippen molar-refractivity contribution in [2.45, 2.75) is 31.7 Å². The van der Waals surface area contributed by atoms with Gasteiger partial charge < -0.3 is 16.0 Å². The Morgan fingerprint density at radius 3 is 2.40 bits per heavy atom. The first-order valence-corrected chi connectivity index (χ1v) is 6.08. The van der Waals surface area contributed by atoms with E-state index in [-0.39, 0.29) is 11.8 Å². The minimum absolute atomic E-state index is 0.195. The largest absolute Gasteiger partial charge is 0.352 e. The third kappa shape index (κ3) is 3.18. The molecular weight excluding hydrogens is 190 g/mol. The number of carbonyl (C=O) groups is 1. The lowest BCUT2D eigenvalue weighted by molar-refractivity contribution is -0.126. The molecule has 0 radical (unpaired) electrons. The first-order chi connectivity index (χ1) is 7.36. The summed E-state index contributed by atoms with van der Waals surface area (Å²) in [4.78, 5) is 11.9. The zero-order chi connectivity index (χ0) is 10.5. The summed E-state index contributed by atoms with van der Waals surface area (Å²) in [6, 6.07) is 0.355.